The summed E-state index contributed by atoms with van der Waals surface area (Å²) in [4.78, 5) is 0. The van der Waals surface area contributed by atoms with Crippen LogP contribution in [-0.2, 0) is 0 Å². The minimum atomic E-state index is 0.916. The summed E-state index contributed by atoms with van der Waals surface area (Å²) in [6, 6.07) is 0. The largest absolute Gasteiger partial charge is 0.0883 e. The first kappa shape index (κ1) is 6.85. The van der Waals surface area contributed by atoms with Crippen molar-refractivity contribution in [2.75, 3.05) is 0 Å². The highest BCUT2D eigenvalue weighted by molar-refractivity contribution is 4.88. The lowest BCUT2D eigenvalue weighted by atomic mass is 9.96. The van der Waals surface area contributed by atoms with Crippen LogP contribution in [0.2, 0.25) is 0 Å². The Kier molecular flexibility index (Phi) is 2.32. The number of hydrogen-bond donors (Lipinski definition) is 0. The van der Waals surface area contributed by atoms with Gasteiger partial charge in [-0.2, -0.15) is 0 Å². The van der Waals surface area contributed by atoms with Crippen molar-refractivity contribution in [1.29, 1.82) is 0 Å². The van der Waals surface area contributed by atoms with Crippen molar-refractivity contribution >= 4 is 0 Å². The van der Waals surface area contributed by atoms with Gasteiger partial charge in [0.05, 0.1) is 0 Å². The molecule has 0 aromatic rings. The molecule has 2 unspecified atom stereocenters. The fraction of sp³-hybridized carbons (Fsp3) is 0.778. The van der Waals surface area contributed by atoms with Crippen LogP contribution in [0, 0.1) is 11.8 Å². The van der Waals surface area contributed by atoms with E-state index >= 15 is 0 Å². The fourth-order valence-electron chi connectivity index (χ4n) is 1.54. The van der Waals surface area contributed by atoms with Crippen molar-refractivity contribution in [2.45, 2.75) is 33.1 Å². The lowest BCUT2D eigenvalue weighted by molar-refractivity contribution is 0.433. The van der Waals surface area contributed by atoms with Crippen molar-refractivity contribution in [1.82, 2.24) is 0 Å². The Morgan fingerprint density at radius 1 is 1.00 bits per heavy atom. The Bertz CT molecular complexity index is 90.6. The van der Waals surface area contributed by atoms with Crippen molar-refractivity contribution in [3.63, 3.8) is 0 Å². The van der Waals surface area contributed by atoms with Crippen LogP contribution >= 0.6 is 0 Å². The van der Waals surface area contributed by atoms with E-state index in [9.17, 15) is 0 Å². The Morgan fingerprint density at radius 3 is 1.89 bits per heavy atom. The summed E-state index contributed by atoms with van der Waals surface area (Å²) in [5.74, 6) is 1.83. The van der Waals surface area contributed by atoms with Crippen LogP contribution in [0.1, 0.15) is 33.1 Å². The maximum absolute atomic E-state index is 2.34. The van der Waals surface area contributed by atoms with E-state index in [1.54, 1.807) is 0 Å². The maximum atomic E-state index is 2.34. The van der Waals surface area contributed by atoms with Gasteiger partial charge < -0.3 is 0 Å². The predicted octanol–water partition coefficient (Wildman–Crippen LogP) is 3.00. The smallest absolute Gasteiger partial charge is 0.0325 e. The molecule has 1 rings (SSSR count). The minimum absolute atomic E-state index is 0.916. The van der Waals surface area contributed by atoms with Gasteiger partial charge in [0, 0.05) is 0 Å². The first-order valence-electron chi connectivity index (χ1n) is 3.94. The second-order valence-corrected chi connectivity index (χ2v) is 3.39. The summed E-state index contributed by atoms with van der Waals surface area (Å²) in [6.45, 7) is 4.68. The molecule has 0 aromatic heterocycles. The first-order chi connectivity index (χ1) is 4.29. The van der Waals surface area contributed by atoms with Gasteiger partial charge in [0.15, 0.2) is 0 Å². The first-order valence-corrected chi connectivity index (χ1v) is 3.94. The molecule has 0 saturated carbocycles. The lowest BCUT2D eigenvalue weighted by Crippen LogP contribution is -1.98. The molecule has 1 aliphatic rings. The molecule has 0 aliphatic heterocycles. The molecule has 0 N–H and O–H groups in total. The number of allylic oxidation sites excluding steroid dienone is 2. The third-order valence-electron chi connectivity index (χ3n) is 2.05. The summed E-state index contributed by atoms with van der Waals surface area (Å²) in [5.41, 5.74) is 0. The summed E-state index contributed by atoms with van der Waals surface area (Å²) in [7, 11) is 0. The van der Waals surface area contributed by atoms with E-state index in [0.717, 1.165) is 11.8 Å². The zero-order valence-electron chi connectivity index (χ0n) is 6.43. The number of hydrogen-bond acceptors (Lipinski definition) is 0. The summed E-state index contributed by atoms with van der Waals surface area (Å²) >= 11 is 0. The molecule has 0 radical (unpaired) electrons. The van der Waals surface area contributed by atoms with Gasteiger partial charge in [-0.3, -0.25) is 0 Å². The molecule has 0 fully saturated rings. The van der Waals surface area contributed by atoms with E-state index in [0.29, 0.717) is 0 Å². The van der Waals surface area contributed by atoms with Gasteiger partial charge >= 0.3 is 0 Å². The molecular weight excluding hydrogens is 108 g/mol. The van der Waals surface area contributed by atoms with Gasteiger partial charge in [-0.15, -0.1) is 0 Å². The molecule has 1 aliphatic carbocycles. The Balaban J connectivity index is 2.40. The molecule has 0 spiro atoms. The van der Waals surface area contributed by atoms with E-state index < -0.39 is 0 Å². The molecule has 0 bridgehead atoms. The molecule has 0 amide bonds. The molecule has 0 heterocycles. The summed E-state index contributed by atoms with van der Waals surface area (Å²) in [5, 5.41) is 0. The molecule has 52 valence electrons. The van der Waals surface area contributed by atoms with Gasteiger partial charge in [0.1, 0.15) is 0 Å². The van der Waals surface area contributed by atoms with E-state index in [1.807, 2.05) is 0 Å². The van der Waals surface area contributed by atoms with E-state index in [-0.39, 0.29) is 0 Å². The molecule has 0 heteroatoms. The van der Waals surface area contributed by atoms with Gasteiger partial charge in [-0.1, -0.05) is 26.0 Å². The van der Waals surface area contributed by atoms with Crippen molar-refractivity contribution in [3.05, 3.63) is 12.2 Å². The van der Waals surface area contributed by atoms with Gasteiger partial charge in [-0.25, -0.2) is 0 Å². The standard InChI is InChI=1S/C9H16/c1-8-5-3-4-6-9(2)7-8/h3-4,8-9H,5-7H2,1-2H3. The topological polar surface area (TPSA) is 0 Å². The Hall–Kier alpha value is -0.260. The van der Waals surface area contributed by atoms with E-state index in [2.05, 4.69) is 26.0 Å². The molecule has 2 atom stereocenters. The highest BCUT2D eigenvalue weighted by atomic mass is 14.1. The predicted molar refractivity (Wildman–Crippen MR) is 41.3 cm³/mol. The van der Waals surface area contributed by atoms with Crippen LogP contribution in [0.25, 0.3) is 0 Å². The zero-order valence-corrected chi connectivity index (χ0v) is 6.43. The number of rotatable bonds is 0. The minimum Gasteiger partial charge on any atom is -0.0883 e. The maximum Gasteiger partial charge on any atom is -0.0325 e. The average molecular weight is 124 g/mol. The Morgan fingerprint density at radius 2 is 1.44 bits per heavy atom. The van der Waals surface area contributed by atoms with Crippen LogP contribution < -0.4 is 0 Å². The van der Waals surface area contributed by atoms with Crippen molar-refractivity contribution in [3.8, 4) is 0 Å². The molecule has 0 nitrogen and oxygen atoms in total. The van der Waals surface area contributed by atoms with Crippen LogP contribution in [0.4, 0.5) is 0 Å². The van der Waals surface area contributed by atoms with Gasteiger partial charge in [-0.05, 0) is 31.1 Å². The summed E-state index contributed by atoms with van der Waals surface area (Å²) in [6.07, 6.45) is 8.66. The second kappa shape index (κ2) is 3.05. The van der Waals surface area contributed by atoms with E-state index in [4.69, 9.17) is 0 Å². The third kappa shape index (κ3) is 2.21. The molecule has 0 saturated heterocycles. The van der Waals surface area contributed by atoms with Gasteiger partial charge in [0.2, 0.25) is 0 Å². The quantitative estimate of drug-likeness (QED) is 0.435. The van der Waals surface area contributed by atoms with Crippen LogP contribution in [-0.4, -0.2) is 0 Å². The molecule has 9 heavy (non-hydrogen) atoms. The van der Waals surface area contributed by atoms with Crippen LogP contribution in [0.15, 0.2) is 12.2 Å². The van der Waals surface area contributed by atoms with Crippen molar-refractivity contribution < 1.29 is 0 Å². The molecular formula is C9H16. The molecule has 0 aromatic carbocycles. The lowest BCUT2D eigenvalue weighted by Gasteiger charge is -2.10. The van der Waals surface area contributed by atoms with Crippen LogP contribution in [0.5, 0.6) is 0 Å². The monoisotopic (exact) mass is 124 g/mol. The average Bonchev–Trinajstić information content (AvgIpc) is 1.93. The SMILES string of the molecule is CC1CC=CCC(C)C1. The second-order valence-electron chi connectivity index (χ2n) is 3.39. The third-order valence-corrected chi connectivity index (χ3v) is 2.05. The summed E-state index contributed by atoms with van der Waals surface area (Å²) < 4.78 is 0. The normalized spacial score (nSPS) is 36.2. The zero-order chi connectivity index (χ0) is 6.69. The Labute approximate surface area is 58.0 Å². The fourth-order valence-corrected chi connectivity index (χ4v) is 1.54. The van der Waals surface area contributed by atoms with Crippen LogP contribution in [0.3, 0.4) is 0 Å². The highest BCUT2D eigenvalue weighted by Gasteiger charge is 2.08. The van der Waals surface area contributed by atoms with Gasteiger partial charge in [0.25, 0.3) is 0 Å². The van der Waals surface area contributed by atoms with Crippen molar-refractivity contribution in [2.24, 2.45) is 11.8 Å². The highest BCUT2D eigenvalue weighted by Crippen LogP contribution is 2.21. The van der Waals surface area contributed by atoms with E-state index in [1.165, 1.54) is 19.3 Å².